The number of para-hydroxylation sites is 1. The summed E-state index contributed by atoms with van der Waals surface area (Å²) in [5, 5.41) is 7.38. The molecule has 134 valence electrons. The first kappa shape index (κ1) is 16.3. The second-order valence-electron chi connectivity index (χ2n) is 7.51. The van der Waals surface area contributed by atoms with Crippen molar-refractivity contribution in [1.82, 2.24) is 9.91 Å². The van der Waals surface area contributed by atoms with Crippen LogP contribution in [0.5, 0.6) is 5.75 Å². The summed E-state index contributed by atoms with van der Waals surface area (Å²) in [7, 11) is 2.18. The normalized spacial score (nSPS) is 24.0. The van der Waals surface area contributed by atoms with Crippen molar-refractivity contribution in [3.05, 3.63) is 64.1 Å². The minimum absolute atomic E-state index is 0.261. The lowest BCUT2D eigenvalue weighted by molar-refractivity contribution is -0.147. The number of nitrogens with zero attached hydrogens (tertiary/aromatic N) is 3. The van der Waals surface area contributed by atoms with Gasteiger partial charge < -0.3 is 9.64 Å². The van der Waals surface area contributed by atoms with E-state index < -0.39 is 0 Å². The molecule has 5 rings (SSSR count). The van der Waals surface area contributed by atoms with E-state index in [4.69, 9.17) is 9.84 Å². The Morgan fingerprint density at radius 3 is 2.73 bits per heavy atom. The van der Waals surface area contributed by atoms with Crippen LogP contribution in [-0.2, 0) is 0 Å². The van der Waals surface area contributed by atoms with Crippen molar-refractivity contribution in [1.29, 1.82) is 0 Å². The van der Waals surface area contributed by atoms with Crippen LogP contribution in [0.1, 0.15) is 36.4 Å². The standard InChI is InChI=1S/C21H22BrN3O/c1-24-11-9-21(10-12-24)25-19(17-7-2-3-8-20(17)26-21)14-18(23-25)15-5-4-6-16(22)13-15/h2-8,13,19H,9-12,14H2,1H3/t19-/m1/s1. The van der Waals surface area contributed by atoms with Gasteiger partial charge in [0.15, 0.2) is 0 Å². The lowest BCUT2D eigenvalue weighted by Gasteiger charge is -2.50. The monoisotopic (exact) mass is 411 g/mol. The largest absolute Gasteiger partial charge is 0.466 e. The number of benzene rings is 2. The van der Waals surface area contributed by atoms with Gasteiger partial charge in [-0.05, 0) is 30.8 Å². The summed E-state index contributed by atoms with van der Waals surface area (Å²) in [6.45, 7) is 2.07. The summed E-state index contributed by atoms with van der Waals surface area (Å²) in [5.41, 5.74) is 3.27. The molecule has 2 aromatic carbocycles. The Morgan fingerprint density at radius 2 is 1.92 bits per heavy atom. The molecule has 4 nitrogen and oxygen atoms in total. The van der Waals surface area contributed by atoms with Gasteiger partial charge in [0.2, 0.25) is 5.72 Å². The van der Waals surface area contributed by atoms with Gasteiger partial charge in [0.05, 0.1) is 11.8 Å². The summed E-state index contributed by atoms with van der Waals surface area (Å²) in [5.74, 6) is 1.03. The van der Waals surface area contributed by atoms with E-state index in [-0.39, 0.29) is 11.8 Å². The van der Waals surface area contributed by atoms with Gasteiger partial charge in [-0.15, -0.1) is 0 Å². The highest BCUT2D eigenvalue weighted by molar-refractivity contribution is 9.10. The number of hydrazone groups is 1. The minimum Gasteiger partial charge on any atom is -0.466 e. The summed E-state index contributed by atoms with van der Waals surface area (Å²) in [4.78, 5) is 2.37. The van der Waals surface area contributed by atoms with Crippen LogP contribution in [0.15, 0.2) is 58.1 Å². The minimum atomic E-state index is -0.320. The second kappa shape index (κ2) is 6.10. The Morgan fingerprint density at radius 1 is 1.12 bits per heavy atom. The lowest BCUT2D eigenvalue weighted by Crippen LogP contribution is -2.58. The maximum atomic E-state index is 6.61. The molecule has 1 spiro atoms. The van der Waals surface area contributed by atoms with Crippen molar-refractivity contribution in [2.75, 3.05) is 20.1 Å². The van der Waals surface area contributed by atoms with Gasteiger partial charge in [-0.25, -0.2) is 5.01 Å². The summed E-state index contributed by atoms with van der Waals surface area (Å²) in [6, 6.07) is 17.2. The Hall–Kier alpha value is -1.85. The van der Waals surface area contributed by atoms with Crippen molar-refractivity contribution < 1.29 is 4.74 Å². The Kier molecular flexibility index (Phi) is 3.83. The number of hydrogen-bond acceptors (Lipinski definition) is 4. The van der Waals surface area contributed by atoms with Crippen molar-refractivity contribution in [2.45, 2.75) is 31.0 Å². The van der Waals surface area contributed by atoms with E-state index in [1.165, 1.54) is 11.1 Å². The summed E-state index contributed by atoms with van der Waals surface area (Å²) >= 11 is 3.59. The van der Waals surface area contributed by atoms with Crippen LogP contribution in [0.4, 0.5) is 0 Å². The third-order valence-corrected chi connectivity index (χ3v) is 6.33. The van der Waals surface area contributed by atoms with Gasteiger partial charge in [0, 0.05) is 42.4 Å². The molecule has 0 aliphatic carbocycles. The first-order valence-corrected chi connectivity index (χ1v) is 10.0. The molecule has 0 N–H and O–H groups in total. The highest BCUT2D eigenvalue weighted by Gasteiger charge is 2.51. The van der Waals surface area contributed by atoms with Crippen LogP contribution in [0.2, 0.25) is 0 Å². The molecule has 3 aliphatic rings. The maximum absolute atomic E-state index is 6.61. The van der Waals surface area contributed by atoms with E-state index in [2.05, 4.69) is 81.4 Å². The van der Waals surface area contributed by atoms with Crippen LogP contribution in [0, 0.1) is 0 Å². The van der Waals surface area contributed by atoms with Gasteiger partial charge in [-0.3, -0.25) is 0 Å². The lowest BCUT2D eigenvalue weighted by atomic mass is 9.91. The Bertz CT molecular complexity index is 873. The molecule has 0 saturated carbocycles. The smallest absolute Gasteiger partial charge is 0.200 e. The maximum Gasteiger partial charge on any atom is 0.200 e. The molecule has 0 amide bonds. The average molecular weight is 412 g/mol. The van der Waals surface area contributed by atoms with Gasteiger partial charge in [-0.2, -0.15) is 5.10 Å². The topological polar surface area (TPSA) is 28.1 Å². The van der Waals surface area contributed by atoms with Crippen LogP contribution >= 0.6 is 15.9 Å². The summed E-state index contributed by atoms with van der Waals surface area (Å²) in [6.07, 6.45) is 2.88. The predicted molar refractivity (Wildman–Crippen MR) is 106 cm³/mol. The first-order chi connectivity index (χ1) is 12.6. The molecule has 5 heteroatoms. The molecule has 0 unspecified atom stereocenters. The van der Waals surface area contributed by atoms with E-state index in [9.17, 15) is 0 Å². The molecular formula is C21H22BrN3O. The van der Waals surface area contributed by atoms with E-state index in [0.29, 0.717) is 0 Å². The number of rotatable bonds is 1. The molecule has 0 bridgehead atoms. The molecule has 2 aromatic rings. The molecule has 1 atom stereocenters. The van der Waals surface area contributed by atoms with Gasteiger partial charge in [0.25, 0.3) is 0 Å². The third-order valence-electron chi connectivity index (χ3n) is 5.83. The predicted octanol–water partition coefficient (Wildman–Crippen LogP) is 4.41. The van der Waals surface area contributed by atoms with Crippen LogP contribution in [0.3, 0.4) is 0 Å². The Balaban J connectivity index is 1.58. The zero-order valence-corrected chi connectivity index (χ0v) is 16.4. The number of piperidine rings is 1. The fraction of sp³-hybridized carbons (Fsp3) is 0.381. The van der Waals surface area contributed by atoms with Crippen molar-refractivity contribution in [3.63, 3.8) is 0 Å². The first-order valence-electron chi connectivity index (χ1n) is 9.24. The molecule has 3 heterocycles. The number of halogens is 1. The average Bonchev–Trinajstić information content (AvgIpc) is 3.11. The van der Waals surface area contributed by atoms with Crippen LogP contribution in [0.25, 0.3) is 0 Å². The summed E-state index contributed by atoms with van der Waals surface area (Å²) < 4.78 is 7.70. The van der Waals surface area contributed by atoms with Gasteiger partial charge >= 0.3 is 0 Å². The highest BCUT2D eigenvalue weighted by Crippen LogP contribution is 2.49. The molecule has 1 saturated heterocycles. The van der Waals surface area contributed by atoms with Crippen molar-refractivity contribution in [3.8, 4) is 5.75 Å². The highest BCUT2D eigenvalue weighted by atomic mass is 79.9. The quantitative estimate of drug-likeness (QED) is 0.695. The molecule has 1 fully saturated rings. The number of hydrogen-bond donors (Lipinski definition) is 0. The zero-order valence-electron chi connectivity index (χ0n) is 14.9. The third kappa shape index (κ3) is 2.57. The second-order valence-corrected chi connectivity index (χ2v) is 8.43. The van der Waals surface area contributed by atoms with Gasteiger partial charge in [0.1, 0.15) is 5.75 Å². The number of ether oxygens (including phenoxy) is 1. The van der Waals surface area contributed by atoms with E-state index in [1.807, 2.05) is 0 Å². The molecule has 26 heavy (non-hydrogen) atoms. The number of likely N-dealkylation sites (tertiary alicyclic amines) is 1. The molecule has 0 radical (unpaired) electrons. The molecular weight excluding hydrogens is 390 g/mol. The van der Waals surface area contributed by atoms with Crippen molar-refractivity contribution in [2.24, 2.45) is 5.10 Å². The van der Waals surface area contributed by atoms with Crippen molar-refractivity contribution >= 4 is 21.6 Å². The fourth-order valence-corrected chi connectivity index (χ4v) is 4.77. The molecule has 3 aliphatic heterocycles. The van der Waals surface area contributed by atoms with E-state index >= 15 is 0 Å². The van der Waals surface area contributed by atoms with E-state index in [1.54, 1.807) is 0 Å². The zero-order chi connectivity index (χ0) is 17.7. The number of fused-ring (bicyclic) bond motifs is 4. The van der Waals surface area contributed by atoms with Crippen LogP contribution < -0.4 is 4.74 Å². The molecule has 0 aromatic heterocycles. The van der Waals surface area contributed by atoms with E-state index in [0.717, 1.165) is 48.3 Å². The Labute approximate surface area is 162 Å². The van der Waals surface area contributed by atoms with Crippen LogP contribution in [-0.4, -0.2) is 41.5 Å². The SMILES string of the molecule is CN1CCC2(CC1)Oc1ccccc1[C@H]1CC(c3cccc(Br)c3)=NN12. The fourth-order valence-electron chi connectivity index (χ4n) is 4.37. The van der Waals surface area contributed by atoms with Gasteiger partial charge in [-0.1, -0.05) is 46.3 Å².